The topological polar surface area (TPSA) is 98.6 Å². The summed E-state index contributed by atoms with van der Waals surface area (Å²) in [5.41, 5.74) is 3.13. The summed E-state index contributed by atoms with van der Waals surface area (Å²) in [6, 6.07) is 17.7. The second kappa shape index (κ2) is 16.5. The first kappa shape index (κ1) is 35.5. The molecule has 3 aromatic carbocycles. The summed E-state index contributed by atoms with van der Waals surface area (Å²) < 4.78 is 37.5. The fourth-order valence-electron chi connectivity index (χ4n) is 6.47. The summed E-state index contributed by atoms with van der Waals surface area (Å²) in [5.74, 6) is 1.18. The normalized spacial score (nSPS) is 14.3. The Kier molecular flexibility index (Phi) is 12.0. The lowest BCUT2D eigenvalue weighted by molar-refractivity contribution is -0.143. The third-order valence-electron chi connectivity index (χ3n) is 8.99. The van der Waals surface area contributed by atoms with Crippen molar-refractivity contribution in [3.63, 3.8) is 0 Å². The van der Waals surface area contributed by atoms with Crippen molar-refractivity contribution in [2.45, 2.75) is 32.2 Å². The number of anilines is 1. The number of carbonyl (C=O) groups is 2. The number of fused-ring (bicyclic) bond motifs is 1. The molecule has 12 heteroatoms. The number of aromatic nitrogens is 2. The summed E-state index contributed by atoms with van der Waals surface area (Å²) in [6.45, 7) is 6.70. The van der Waals surface area contributed by atoms with Crippen molar-refractivity contribution in [1.29, 1.82) is 0 Å². The molecule has 1 fully saturated rings. The molecule has 1 saturated heterocycles. The van der Waals surface area contributed by atoms with Gasteiger partial charge in [0.15, 0.2) is 11.5 Å². The molecule has 2 heterocycles. The van der Waals surface area contributed by atoms with Crippen LogP contribution in [0.4, 0.5) is 10.3 Å². The maximum absolute atomic E-state index is 13.9. The summed E-state index contributed by atoms with van der Waals surface area (Å²) in [7, 11) is 6.32. The number of rotatable bonds is 14. The van der Waals surface area contributed by atoms with Crippen molar-refractivity contribution < 1.29 is 32.9 Å². The molecule has 0 bridgehead atoms. The molecule has 1 atom stereocenters. The van der Waals surface area contributed by atoms with Gasteiger partial charge in [-0.2, -0.15) is 0 Å². The van der Waals surface area contributed by atoms with Crippen molar-refractivity contribution in [2.75, 3.05) is 79.2 Å². The molecule has 5 rings (SSSR count). The average molecular weight is 676 g/mol. The van der Waals surface area contributed by atoms with Crippen LogP contribution in [0.1, 0.15) is 41.6 Å². The van der Waals surface area contributed by atoms with Gasteiger partial charge < -0.3 is 33.6 Å². The van der Waals surface area contributed by atoms with Gasteiger partial charge in [0, 0.05) is 44.7 Å². The van der Waals surface area contributed by atoms with E-state index in [9.17, 15) is 14.0 Å². The molecule has 1 aliphatic heterocycles. The molecular weight excluding hydrogens is 629 g/mol. The SMILES string of the molecule is CCOC(=O)Cn1c(N2CCCN(CCC(CN(C)C(=O)c3cc(OC)c(OC)c(OC)c3)c3ccc(F)cc3)CC2)nc2ccccc21. The van der Waals surface area contributed by atoms with Gasteiger partial charge in [0.2, 0.25) is 11.7 Å². The van der Waals surface area contributed by atoms with Crippen molar-refractivity contribution in [2.24, 2.45) is 0 Å². The van der Waals surface area contributed by atoms with Crippen LogP contribution in [0.3, 0.4) is 0 Å². The van der Waals surface area contributed by atoms with Crippen molar-refractivity contribution in [3.05, 3.63) is 77.6 Å². The number of para-hydroxylation sites is 2. The molecule has 0 N–H and O–H groups in total. The van der Waals surface area contributed by atoms with Crippen LogP contribution in [0.5, 0.6) is 17.2 Å². The number of hydrogen-bond donors (Lipinski definition) is 0. The standard InChI is InChI=1S/C37H46FN5O6/c1-6-49-34(44)25-43-31-11-8-7-10-30(31)39-37(43)42-18-9-17-41(20-21-42)19-16-27(26-12-14-29(38)15-13-26)24-40(2)36(45)28-22-32(46-3)35(48-5)33(23-28)47-4/h7-8,10-15,22-23,27H,6,9,16-21,24-25H2,1-5H3. The summed E-state index contributed by atoms with van der Waals surface area (Å²) in [4.78, 5) is 37.5. The van der Waals surface area contributed by atoms with Crippen LogP contribution in [-0.4, -0.2) is 105 Å². The molecular formula is C37H46FN5O6. The lowest BCUT2D eigenvalue weighted by Crippen LogP contribution is -2.35. The maximum Gasteiger partial charge on any atom is 0.326 e. The maximum atomic E-state index is 13.9. The minimum absolute atomic E-state index is 0.0373. The number of ether oxygens (including phenoxy) is 4. The van der Waals surface area contributed by atoms with Crippen molar-refractivity contribution >= 4 is 28.9 Å². The highest BCUT2D eigenvalue weighted by atomic mass is 19.1. The van der Waals surface area contributed by atoms with E-state index >= 15 is 0 Å². The van der Waals surface area contributed by atoms with E-state index in [2.05, 4.69) is 9.80 Å². The number of nitrogens with zero attached hydrogens (tertiary/aromatic N) is 5. The number of imidazole rings is 1. The highest BCUT2D eigenvalue weighted by Gasteiger charge is 2.25. The van der Waals surface area contributed by atoms with E-state index < -0.39 is 0 Å². The Labute approximate surface area is 287 Å². The Morgan fingerprint density at radius 1 is 0.939 bits per heavy atom. The zero-order valence-corrected chi connectivity index (χ0v) is 29.0. The van der Waals surface area contributed by atoms with Gasteiger partial charge in [0.05, 0.1) is 39.0 Å². The Morgan fingerprint density at radius 2 is 1.65 bits per heavy atom. The van der Waals surface area contributed by atoms with Crippen LogP contribution in [0.25, 0.3) is 11.0 Å². The van der Waals surface area contributed by atoms with Gasteiger partial charge in [-0.05, 0) is 74.8 Å². The van der Waals surface area contributed by atoms with Crippen LogP contribution in [-0.2, 0) is 16.1 Å². The van der Waals surface area contributed by atoms with Crippen molar-refractivity contribution in [3.8, 4) is 17.2 Å². The highest BCUT2D eigenvalue weighted by Crippen LogP contribution is 2.38. The Bertz CT molecular complexity index is 1700. The van der Waals surface area contributed by atoms with Crippen LogP contribution in [0.2, 0.25) is 0 Å². The minimum Gasteiger partial charge on any atom is -0.493 e. The Morgan fingerprint density at radius 3 is 2.33 bits per heavy atom. The van der Waals surface area contributed by atoms with E-state index in [1.807, 2.05) is 28.8 Å². The molecule has 1 aromatic heterocycles. The fraction of sp³-hybridized carbons (Fsp3) is 0.432. The number of halogens is 1. The second-order valence-electron chi connectivity index (χ2n) is 12.1. The molecule has 0 saturated carbocycles. The highest BCUT2D eigenvalue weighted by molar-refractivity contribution is 5.95. The van der Waals surface area contributed by atoms with Gasteiger partial charge in [0.25, 0.3) is 5.91 Å². The number of likely N-dealkylation sites (N-methyl/N-ethyl adjacent to an activating group) is 1. The first-order chi connectivity index (χ1) is 23.8. The average Bonchev–Trinajstić information content (AvgIpc) is 3.30. The summed E-state index contributed by atoms with van der Waals surface area (Å²) in [5, 5.41) is 0. The zero-order chi connectivity index (χ0) is 34.9. The van der Waals surface area contributed by atoms with Gasteiger partial charge in [0.1, 0.15) is 12.4 Å². The molecule has 262 valence electrons. The number of esters is 1. The molecule has 1 unspecified atom stereocenters. The van der Waals surface area contributed by atoms with Crippen LogP contribution in [0, 0.1) is 5.82 Å². The summed E-state index contributed by atoms with van der Waals surface area (Å²) >= 11 is 0. The van der Waals surface area contributed by atoms with Gasteiger partial charge in [-0.15, -0.1) is 0 Å². The first-order valence-electron chi connectivity index (χ1n) is 16.6. The molecule has 0 aliphatic carbocycles. The fourth-order valence-corrected chi connectivity index (χ4v) is 6.47. The summed E-state index contributed by atoms with van der Waals surface area (Å²) in [6.07, 6.45) is 1.68. The molecule has 0 radical (unpaired) electrons. The van der Waals surface area contributed by atoms with Gasteiger partial charge in [-0.1, -0.05) is 24.3 Å². The van der Waals surface area contributed by atoms with Crippen LogP contribution >= 0.6 is 0 Å². The Balaban J connectivity index is 1.29. The van der Waals surface area contributed by atoms with E-state index in [0.29, 0.717) is 36.0 Å². The van der Waals surface area contributed by atoms with Gasteiger partial charge in [-0.3, -0.25) is 14.2 Å². The number of carbonyl (C=O) groups excluding carboxylic acids is 2. The molecule has 1 amide bonds. The van der Waals surface area contributed by atoms with Crippen molar-refractivity contribution in [1.82, 2.24) is 19.4 Å². The number of benzene rings is 3. The Hall–Kier alpha value is -4.84. The third-order valence-corrected chi connectivity index (χ3v) is 8.99. The smallest absolute Gasteiger partial charge is 0.326 e. The van der Waals surface area contributed by atoms with E-state index in [4.69, 9.17) is 23.9 Å². The number of amides is 1. The lowest BCUT2D eigenvalue weighted by Gasteiger charge is -2.28. The zero-order valence-electron chi connectivity index (χ0n) is 29.0. The predicted molar refractivity (Wildman–Crippen MR) is 186 cm³/mol. The number of methoxy groups -OCH3 is 3. The molecule has 49 heavy (non-hydrogen) atoms. The van der Waals surface area contributed by atoms with E-state index in [0.717, 1.165) is 68.1 Å². The molecule has 4 aromatic rings. The molecule has 11 nitrogen and oxygen atoms in total. The van der Waals surface area contributed by atoms with E-state index in [-0.39, 0.29) is 30.2 Å². The lowest BCUT2D eigenvalue weighted by atomic mass is 9.94. The molecule has 1 aliphatic rings. The third kappa shape index (κ3) is 8.43. The van der Waals surface area contributed by atoms with Crippen LogP contribution < -0.4 is 19.1 Å². The van der Waals surface area contributed by atoms with E-state index in [1.54, 1.807) is 43.1 Å². The second-order valence-corrected chi connectivity index (χ2v) is 12.1. The van der Waals surface area contributed by atoms with Gasteiger partial charge in [-0.25, -0.2) is 9.37 Å². The minimum atomic E-state index is -0.300. The first-order valence-corrected chi connectivity index (χ1v) is 16.6. The largest absolute Gasteiger partial charge is 0.493 e. The monoisotopic (exact) mass is 675 g/mol. The number of hydrogen-bond acceptors (Lipinski definition) is 9. The predicted octanol–water partition coefficient (Wildman–Crippen LogP) is 5.22. The van der Waals surface area contributed by atoms with Crippen LogP contribution in [0.15, 0.2) is 60.7 Å². The molecule has 0 spiro atoms. The van der Waals surface area contributed by atoms with Gasteiger partial charge >= 0.3 is 5.97 Å². The quantitative estimate of drug-likeness (QED) is 0.167. The van der Waals surface area contributed by atoms with E-state index in [1.165, 1.54) is 33.5 Å².